The van der Waals surface area contributed by atoms with Crippen molar-refractivity contribution < 1.29 is 0 Å². The molecule has 1 atom stereocenters. The second-order valence-electron chi connectivity index (χ2n) is 4.68. The van der Waals surface area contributed by atoms with Crippen molar-refractivity contribution in [2.75, 3.05) is 12.3 Å². The first-order valence-electron chi connectivity index (χ1n) is 6.46. The van der Waals surface area contributed by atoms with Gasteiger partial charge in [0.15, 0.2) is 0 Å². The summed E-state index contributed by atoms with van der Waals surface area (Å²) in [7, 11) is 0. The van der Waals surface area contributed by atoms with E-state index in [9.17, 15) is 0 Å². The smallest absolute Gasteiger partial charge is 0.0931 e. The predicted octanol–water partition coefficient (Wildman–Crippen LogP) is 4.52. The van der Waals surface area contributed by atoms with Gasteiger partial charge in [-0.1, -0.05) is 35.9 Å². The summed E-state index contributed by atoms with van der Waals surface area (Å²) in [6, 6.07) is 13.4. The maximum Gasteiger partial charge on any atom is 0.0931 e. The molecular formula is C15H16ClNS2. The Morgan fingerprint density at radius 2 is 2.11 bits per heavy atom. The van der Waals surface area contributed by atoms with Crippen molar-refractivity contribution in [3.63, 3.8) is 0 Å². The highest BCUT2D eigenvalue weighted by Gasteiger charge is 2.19. The molecule has 0 saturated carbocycles. The van der Waals surface area contributed by atoms with Gasteiger partial charge < -0.3 is 5.32 Å². The second kappa shape index (κ2) is 6.31. The maximum absolute atomic E-state index is 5.95. The topological polar surface area (TPSA) is 12.0 Å². The number of fused-ring (bicyclic) bond motifs is 1. The minimum atomic E-state index is 0.491. The summed E-state index contributed by atoms with van der Waals surface area (Å²) in [6.45, 7) is 1.01. The van der Waals surface area contributed by atoms with Gasteiger partial charge in [-0.3, -0.25) is 0 Å². The zero-order valence-electron chi connectivity index (χ0n) is 10.6. The van der Waals surface area contributed by atoms with Crippen LogP contribution in [0.1, 0.15) is 22.0 Å². The van der Waals surface area contributed by atoms with Crippen molar-refractivity contribution in [1.82, 2.24) is 5.32 Å². The minimum Gasteiger partial charge on any atom is -0.309 e. The molecule has 1 nitrogen and oxygen atoms in total. The molecule has 1 unspecified atom stereocenters. The lowest BCUT2D eigenvalue weighted by Crippen LogP contribution is -2.28. The van der Waals surface area contributed by atoms with Crippen LogP contribution >= 0.6 is 34.7 Å². The molecule has 2 heterocycles. The summed E-state index contributed by atoms with van der Waals surface area (Å²) in [5.41, 5.74) is 2.96. The zero-order chi connectivity index (χ0) is 13.1. The fourth-order valence-electron chi connectivity index (χ4n) is 2.41. The van der Waals surface area contributed by atoms with Crippen molar-refractivity contribution >= 4 is 34.7 Å². The molecule has 0 bridgehead atoms. The number of rotatable bonds is 4. The average Bonchev–Trinajstić information content (AvgIpc) is 2.85. The third-order valence-corrected chi connectivity index (χ3v) is 5.74. The summed E-state index contributed by atoms with van der Waals surface area (Å²) in [5, 5.41) is 3.68. The first kappa shape index (κ1) is 13.5. The molecule has 1 aliphatic heterocycles. The summed E-state index contributed by atoms with van der Waals surface area (Å²) in [5.74, 6) is 2.32. The van der Waals surface area contributed by atoms with Crippen molar-refractivity contribution in [3.05, 3.63) is 56.7 Å². The van der Waals surface area contributed by atoms with E-state index in [4.69, 9.17) is 11.6 Å². The van der Waals surface area contributed by atoms with E-state index in [0.29, 0.717) is 6.04 Å². The molecule has 4 heteroatoms. The van der Waals surface area contributed by atoms with Gasteiger partial charge in [0, 0.05) is 29.0 Å². The lowest BCUT2D eigenvalue weighted by atomic mass is 10.0. The van der Waals surface area contributed by atoms with E-state index in [1.165, 1.54) is 21.8 Å². The number of benzene rings is 1. The highest BCUT2D eigenvalue weighted by Crippen LogP contribution is 2.31. The van der Waals surface area contributed by atoms with E-state index < -0.39 is 0 Å². The number of halogens is 1. The van der Waals surface area contributed by atoms with Gasteiger partial charge in [-0.25, -0.2) is 0 Å². The van der Waals surface area contributed by atoms with Gasteiger partial charge in [-0.05, 0) is 29.7 Å². The van der Waals surface area contributed by atoms with Gasteiger partial charge in [0.25, 0.3) is 0 Å². The predicted molar refractivity (Wildman–Crippen MR) is 86.4 cm³/mol. The number of hydrogen-bond acceptors (Lipinski definition) is 3. The highest BCUT2D eigenvalue weighted by atomic mass is 35.5. The summed E-state index contributed by atoms with van der Waals surface area (Å²) in [4.78, 5) is 1.36. The van der Waals surface area contributed by atoms with E-state index in [0.717, 1.165) is 23.1 Å². The van der Waals surface area contributed by atoms with E-state index in [-0.39, 0.29) is 0 Å². The standard InChI is InChI=1S/C15H16ClNS2/c16-15-6-5-12(19-15)7-8-17-14-10-18-9-11-3-1-2-4-13(11)14/h1-6,14,17H,7-10H2. The fraction of sp³-hybridized carbons (Fsp3) is 0.333. The molecule has 3 rings (SSSR count). The number of thiophene rings is 1. The van der Waals surface area contributed by atoms with Crippen LogP contribution in [-0.2, 0) is 12.2 Å². The number of thioether (sulfide) groups is 1. The highest BCUT2D eigenvalue weighted by molar-refractivity contribution is 7.98. The molecule has 1 aliphatic rings. The monoisotopic (exact) mass is 309 g/mol. The average molecular weight is 310 g/mol. The van der Waals surface area contributed by atoms with Crippen molar-refractivity contribution in [2.45, 2.75) is 18.2 Å². The minimum absolute atomic E-state index is 0.491. The molecule has 0 amide bonds. The fourth-order valence-corrected chi connectivity index (χ4v) is 4.63. The van der Waals surface area contributed by atoms with Crippen LogP contribution in [0.15, 0.2) is 36.4 Å². The number of hydrogen-bond donors (Lipinski definition) is 1. The largest absolute Gasteiger partial charge is 0.309 e. The molecule has 100 valence electrons. The molecular weight excluding hydrogens is 294 g/mol. The van der Waals surface area contributed by atoms with Gasteiger partial charge in [-0.15, -0.1) is 11.3 Å². The maximum atomic E-state index is 5.95. The van der Waals surface area contributed by atoms with Gasteiger partial charge in [0.1, 0.15) is 0 Å². The van der Waals surface area contributed by atoms with Gasteiger partial charge in [0.2, 0.25) is 0 Å². The third-order valence-electron chi connectivity index (χ3n) is 3.36. The lowest BCUT2D eigenvalue weighted by Gasteiger charge is -2.26. The Kier molecular flexibility index (Phi) is 4.49. The molecule has 0 saturated heterocycles. The van der Waals surface area contributed by atoms with Crippen LogP contribution in [0.5, 0.6) is 0 Å². The molecule has 0 spiro atoms. The molecule has 1 aromatic heterocycles. The van der Waals surface area contributed by atoms with Crippen molar-refractivity contribution in [2.24, 2.45) is 0 Å². The van der Waals surface area contributed by atoms with Crippen LogP contribution in [-0.4, -0.2) is 12.3 Å². The Bertz CT molecular complexity index is 553. The van der Waals surface area contributed by atoms with Gasteiger partial charge in [-0.2, -0.15) is 11.8 Å². The summed E-state index contributed by atoms with van der Waals surface area (Å²) < 4.78 is 0.883. The normalized spacial score (nSPS) is 18.3. The molecule has 1 aromatic carbocycles. The van der Waals surface area contributed by atoms with E-state index in [1.807, 2.05) is 17.8 Å². The molecule has 2 aromatic rings. The van der Waals surface area contributed by atoms with Crippen LogP contribution < -0.4 is 5.32 Å². The first-order valence-corrected chi connectivity index (χ1v) is 8.81. The van der Waals surface area contributed by atoms with Crippen LogP contribution in [0.3, 0.4) is 0 Å². The van der Waals surface area contributed by atoms with E-state index in [1.54, 1.807) is 11.3 Å². The lowest BCUT2D eigenvalue weighted by molar-refractivity contribution is 0.579. The Labute approximate surface area is 127 Å². The van der Waals surface area contributed by atoms with Crippen molar-refractivity contribution in [1.29, 1.82) is 0 Å². The zero-order valence-corrected chi connectivity index (χ0v) is 13.0. The third kappa shape index (κ3) is 3.34. The van der Waals surface area contributed by atoms with Crippen LogP contribution in [0.25, 0.3) is 0 Å². The van der Waals surface area contributed by atoms with Gasteiger partial charge >= 0.3 is 0 Å². The molecule has 0 fully saturated rings. The van der Waals surface area contributed by atoms with Gasteiger partial charge in [0.05, 0.1) is 4.34 Å². The second-order valence-corrected chi connectivity index (χ2v) is 7.51. The quantitative estimate of drug-likeness (QED) is 0.891. The van der Waals surface area contributed by atoms with Crippen molar-refractivity contribution in [3.8, 4) is 0 Å². The van der Waals surface area contributed by atoms with E-state index >= 15 is 0 Å². The van der Waals surface area contributed by atoms with Crippen LogP contribution in [0.4, 0.5) is 0 Å². The molecule has 19 heavy (non-hydrogen) atoms. The number of nitrogens with one attached hydrogen (secondary N) is 1. The molecule has 1 N–H and O–H groups in total. The Hall–Kier alpha value is -0.480. The Morgan fingerprint density at radius 3 is 2.95 bits per heavy atom. The Morgan fingerprint density at radius 1 is 1.21 bits per heavy atom. The van der Waals surface area contributed by atoms with Crippen LogP contribution in [0.2, 0.25) is 4.34 Å². The van der Waals surface area contributed by atoms with Crippen LogP contribution in [0, 0.1) is 0 Å². The summed E-state index contributed by atoms with van der Waals surface area (Å²) >= 11 is 9.64. The van der Waals surface area contributed by atoms with E-state index in [2.05, 4.69) is 35.6 Å². The Balaban J connectivity index is 1.59. The molecule has 0 radical (unpaired) electrons. The SMILES string of the molecule is Clc1ccc(CCNC2CSCc3ccccc32)s1. The molecule has 0 aliphatic carbocycles. The first-order chi connectivity index (χ1) is 9.33. The summed E-state index contributed by atoms with van der Waals surface area (Å²) in [6.07, 6.45) is 1.06.